The number of amides is 2. The van der Waals surface area contributed by atoms with Crippen LogP contribution in [0.2, 0.25) is 0 Å². The van der Waals surface area contributed by atoms with E-state index < -0.39 is 0 Å². The molecule has 2 N–H and O–H groups in total. The van der Waals surface area contributed by atoms with Crippen molar-refractivity contribution in [3.8, 4) is 5.75 Å². The van der Waals surface area contributed by atoms with Crippen molar-refractivity contribution in [3.05, 3.63) is 24.3 Å². The number of anilines is 1. The van der Waals surface area contributed by atoms with E-state index in [-0.39, 0.29) is 11.8 Å². The minimum absolute atomic E-state index is 0.141. The van der Waals surface area contributed by atoms with E-state index in [4.69, 9.17) is 0 Å². The van der Waals surface area contributed by atoms with Crippen molar-refractivity contribution in [3.63, 3.8) is 0 Å². The van der Waals surface area contributed by atoms with Crippen molar-refractivity contribution in [1.82, 2.24) is 5.32 Å². The van der Waals surface area contributed by atoms with Crippen LogP contribution >= 0.6 is 0 Å². The second-order valence-corrected chi connectivity index (χ2v) is 3.23. The second kappa shape index (κ2) is 3.57. The Labute approximate surface area is 82.2 Å². The normalized spacial score (nSPS) is 16.6. The Bertz CT molecular complexity index is 352. The summed E-state index contributed by atoms with van der Waals surface area (Å²) in [6.45, 7) is 1.37. The molecule has 1 heterocycles. The highest BCUT2D eigenvalue weighted by Gasteiger charge is 2.20. The number of hydrogen-bond donors (Lipinski definition) is 2. The number of carbonyl (C=O) groups is 1. The average molecular weight is 192 g/mol. The predicted octanol–water partition coefficient (Wildman–Crippen LogP) is 1.31. The number of nitrogens with zero attached hydrogens (tertiary/aromatic N) is 1. The largest absolute Gasteiger partial charge is 0.506 e. The van der Waals surface area contributed by atoms with E-state index in [1.807, 2.05) is 0 Å². The lowest BCUT2D eigenvalue weighted by Gasteiger charge is -2.27. The van der Waals surface area contributed by atoms with Gasteiger partial charge in [-0.1, -0.05) is 12.1 Å². The van der Waals surface area contributed by atoms with Crippen molar-refractivity contribution in [2.24, 2.45) is 0 Å². The molecule has 0 aliphatic carbocycles. The maximum atomic E-state index is 11.5. The zero-order chi connectivity index (χ0) is 9.97. The monoisotopic (exact) mass is 192 g/mol. The maximum absolute atomic E-state index is 11.5. The van der Waals surface area contributed by atoms with Gasteiger partial charge in [-0.15, -0.1) is 0 Å². The van der Waals surface area contributed by atoms with Crippen LogP contribution in [0.1, 0.15) is 6.42 Å². The number of urea groups is 1. The highest BCUT2D eigenvalue weighted by atomic mass is 16.3. The molecule has 2 amide bonds. The third-order valence-corrected chi connectivity index (χ3v) is 2.25. The number of phenols is 1. The topological polar surface area (TPSA) is 52.6 Å². The Balaban J connectivity index is 2.29. The van der Waals surface area contributed by atoms with E-state index in [0.717, 1.165) is 6.42 Å². The van der Waals surface area contributed by atoms with Crippen molar-refractivity contribution >= 4 is 11.7 Å². The smallest absolute Gasteiger partial charge is 0.321 e. The maximum Gasteiger partial charge on any atom is 0.321 e. The molecule has 0 radical (unpaired) electrons. The molecule has 1 saturated heterocycles. The fraction of sp³-hybridized carbons (Fsp3) is 0.300. The molecule has 74 valence electrons. The second-order valence-electron chi connectivity index (χ2n) is 3.23. The number of nitrogens with one attached hydrogen (secondary N) is 1. The van der Waals surface area contributed by atoms with Crippen molar-refractivity contribution in [2.75, 3.05) is 18.0 Å². The first-order valence-electron chi connectivity index (χ1n) is 4.62. The minimum Gasteiger partial charge on any atom is -0.506 e. The van der Waals surface area contributed by atoms with Crippen molar-refractivity contribution in [2.45, 2.75) is 6.42 Å². The molecule has 1 aliphatic heterocycles. The van der Waals surface area contributed by atoms with Crippen LogP contribution in [-0.4, -0.2) is 24.2 Å². The molecule has 0 spiro atoms. The van der Waals surface area contributed by atoms with E-state index in [0.29, 0.717) is 18.8 Å². The van der Waals surface area contributed by atoms with Crippen LogP contribution in [-0.2, 0) is 0 Å². The van der Waals surface area contributed by atoms with Gasteiger partial charge in [0.05, 0.1) is 5.69 Å². The zero-order valence-corrected chi connectivity index (χ0v) is 7.73. The fourth-order valence-electron chi connectivity index (χ4n) is 1.55. The van der Waals surface area contributed by atoms with Crippen molar-refractivity contribution < 1.29 is 9.90 Å². The van der Waals surface area contributed by atoms with E-state index in [9.17, 15) is 9.90 Å². The third-order valence-electron chi connectivity index (χ3n) is 2.25. The number of benzene rings is 1. The van der Waals surface area contributed by atoms with E-state index in [2.05, 4.69) is 5.32 Å². The fourth-order valence-corrected chi connectivity index (χ4v) is 1.55. The van der Waals surface area contributed by atoms with Gasteiger partial charge in [0, 0.05) is 13.1 Å². The Morgan fingerprint density at radius 1 is 1.36 bits per heavy atom. The summed E-state index contributed by atoms with van der Waals surface area (Å²) in [5, 5.41) is 12.3. The number of phenolic OH excluding ortho intramolecular Hbond substituents is 1. The molecule has 0 bridgehead atoms. The lowest BCUT2D eigenvalue weighted by molar-refractivity contribution is 0.242. The molecule has 1 fully saturated rings. The van der Waals surface area contributed by atoms with Crippen LogP contribution in [0.3, 0.4) is 0 Å². The highest BCUT2D eigenvalue weighted by Crippen LogP contribution is 2.27. The summed E-state index contributed by atoms with van der Waals surface area (Å²) in [5.41, 5.74) is 0.574. The number of aromatic hydroxyl groups is 1. The Kier molecular flexibility index (Phi) is 2.26. The van der Waals surface area contributed by atoms with E-state index in [1.165, 1.54) is 0 Å². The van der Waals surface area contributed by atoms with Gasteiger partial charge in [0.25, 0.3) is 0 Å². The van der Waals surface area contributed by atoms with Gasteiger partial charge in [-0.25, -0.2) is 4.79 Å². The highest BCUT2D eigenvalue weighted by molar-refractivity contribution is 5.94. The molecule has 1 aliphatic rings. The zero-order valence-electron chi connectivity index (χ0n) is 7.73. The van der Waals surface area contributed by atoms with Gasteiger partial charge in [-0.2, -0.15) is 0 Å². The van der Waals surface area contributed by atoms with E-state index >= 15 is 0 Å². The average Bonchev–Trinajstić information content (AvgIpc) is 2.20. The minimum atomic E-state index is -0.141. The summed E-state index contributed by atoms with van der Waals surface area (Å²) < 4.78 is 0. The van der Waals surface area contributed by atoms with Gasteiger partial charge >= 0.3 is 6.03 Å². The Morgan fingerprint density at radius 2 is 2.14 bits per heavy atom. The van der Waals surface area contributed by atoms with Gasteiger partial charge in [0.15, 0.2) is 0 Å². The lowest BCUT2D eigenvalue weighted by Crippen LogP contribution is -2.46. The third kappa shape index (κ3) is 1.51. The van der Waals surface area contributed by atoms with Crippen LogP contribution in [0.15, 0.2) is 24.3 Å². The van der Waals surface area contributed by atoms with Crippen LogP contribution in [0.5, 0.6) is 5.75 Å². The first-order valence-corrected chi connectivity index (χ1v) is 4.62. The van der Waals surface area contributed by atoms with Crippen LogP contribution < -0.4 is 10.2 Å². The molecule has 1 aromatic carbocycles. The molecule has 0 unspecified atom stereocenters. The Hall–Kier alpha value is -1.71. The Morgan fingerprint density at radius 3 is 2.86 bits per heavy atom. The summed E-state index contributed by atoms with van der Waals surface area (Å²) in [6, 6.07) is 6.72. The quantitative estimate of drug-likeness (QED) is 0.704. The predicted molar refractivity (Wildman–Crippen MR) is 53.5 cm³/mol. The molecule has 4 heteroatoms. The molecule has 0 atom stereocenters. The molecule has 2 rings (SSSR count). The number of rotatable bonds is 1. The molecule has 0 aromatic heterocycles. The summed E-state index contributed by atoms with van der Waals surface area (Å²) in [4.78, 5) is 13.0. The molecule has 4 nitrogen and oxygen atoms in total. The first kappa shape index (κ1) is 8.87. The summed E-state index contributed by atoms with van der Waals surface area (Å²) in [6.07, 6.45) is 0.903. The SMILES string of the molecule is O=C1NCCCN1c1ccccc1O. The summed E-state index contributed by atoms with van der Waals surface area (Å²) in [5.74, 6) is 0.143. The van der Waals surface area contributed by atoms with Crippen LogP contribution in [0.25, 0.3) is 0 Å². The number of carbonyl (C=O) groups excluding carboxylic acids is 1. The molecule has 1 aromatic rings. The molecular formula is C10H12N2O2. The molecule has 0 saturated carbocycles. The van der Waals surface area contributed by atoms with Gasteiger partial charge in [0.1, 0.15) is 5.75 Å². The summed E-state index contributed by atoms with van der Waals surface area (Å²) in [7, 11) is 0. The molecular weight excluding hydrogens is 180 g/mol. The van der Waals surface area contributed by atoms with Crippen LogP contribution in [0, 0.1) is 0 Å². The molecule has 14 heavy (non-hydrogen) atoms. The van der Waals surface area contributed by atoms with Crippen LogP contribution in [0.4, 0.5) is 10.5 Å². The van der Waals surface area contributed by atoms with Gasteiger partial charge in [-0.3, -0.25) is 4.90 Å². The first-order chi connectivity index (χ1) is 6.79. The summed E-state index contributed by atoms with van der Waals surface area (Å²) >= 11 is 0. The van der Waals surface area contributed by atoms with Crippen molar-refractivity contribution in [1.29, 1.82) is 0 Å². The lowest BCUT2D eigenvalue weighted by atomic mass is 10.2. The number of hydrogen-bond acceptors (Lipinski definition) is 2. The van der Waals surface area contributed by atoms with Gasteiger partial charge in [-0.05, 0) is 18.6 Å². The van der Waals surface area contributed by atoms with Gasteiger partial charge < -0.3 is 10.4 Å². The standard InChI is InChI=1S/C10H12N2O2/c13-9-5-2-1-4-8(9)12-7-3-6-11-10(12)14/h1-2,4-5,13H,3,6-7H2,(H,11,14). The number of para-hydroxylation sites is 2. The van der Waals surface area contributed by atoms with E-state index in [1.54, 1.807) is 29.2 Å². The van der Waals surface area contributed by atoms with Gasteiger partial charge in [0.2, 0.25) is 0 Å².